The van der Waals surface area contributed by atoms with Crippen LogP contribution in [0.5, 0.6) is 0 Å². The van der Waals surface area contributed by atoms with Crippen molar-refractivity contribution < 1.29 is 9.90 Å². The third-order valence-electron chi connectivity index (χ3n) is 3.84. The number of aromatic nitrogens is 2. The number of carbonyl (C=O) groups is 1. The minimum Gasteiger partial charge on any atom is -0.481 e. The normalized spacial score (nSPS) is 15.8. The van der Waals surface area contributed by atoms with Crippen molar-refractivity contribution >= 4 is 28.8 Å². The van der Waals surface area contributed by atoms with Gasteiger partial charge in [-0.1, -0.05) is 17.8 Å². The van der Waals surface area contributed by atoms with Crippen molar-refractivity contribution in [2.75, 3.05) is 5.75 Å². The molecule has 1 fully saturated rings. The summed E-state index contributed by atoms with van der Waals surface area (Å²) in [5, 5.41) is 18.8. The molecule has 1 saturated carbocycles. The van der Waals surface area contributed by atoms with Crippen LogP contribution in [-0.2, 0) is 4.79 Å². The van der Waals surface area contributed by atoms with Gasteiger partial charge in [0.15, 0.2) is 5.16 Å². The van der Waals surface area contributed by atoms with E-state index >= 15 is 0 Å². The van der Waals surface area contributed by atoms with Crippen molar-refractivity contribution in [1.29, 1.82) is 5.26 Å². The first-order valence-corrected chi connectivity index (χ1v) is 7.86. The summed E-state index contributed by atoms with van der Waals surface area (Å²) < 4.78 is 2.10. The Morgan fingerprint density at radius 3 is 3.00 bits per heavy atom. The Kier molecular flexibility index (Phi) is 3.60. The van der Waals surface area contributed by atoms with Gasteiger partial charge in [-0.25, -0.2) is 4.98 Å². The van der Waals surface area contributed by atoms with Crippen molar-refractivity contribution in [3.05, 3.63) is 23.8 Å². The minimum atomic E-state index is -0.863. The van der Waals surface area contributed by atoms with E-state index in [0.29, 0.717) is 22.2 Å². The summed E-state index contributed by atoms with van der Waals surface area (Å²) >= 11 is 1.22. The summed E-state index contributed by atoms with van der Waals surface area (Å²) in [6, 6.07) is 7.98. The molecule has 1 aliphatic carbocycles. The Morgan fingerprint density at radius 1 is 1.62 bits per heavy atom. The molecule has 0 radical (unpaired) electrons. The maximum absolute atomic E-state index is 10.8. The Bertz CT molecular complexity index is 743. The lowest BCUT2D eigenvalue weighted by Crippen LogP contribution is -2.09. The number of nitriles is 1. The topological polar surface area (TPSA) is 78.9 Å². The molecule has 1 atom stereocenters. The van der Waals surface area contributed by atoms with Gasteiger partial charge in [-0.2, -0.15) is 5.26 Å². The Balaban J connectivity index is 2.12. The van der Waals surface area contributed by atoms with Crippen molar-refractivity contribution in [2.45, 2.75) is 31.0 Å². The van der Waals surface area contributed by atoms with Crippen LogP contribution in [0.15, 0.2) is 23.4 Å². The van der Waals surface area contributed by atoms with Crippen LogP contribution in [0.4, 0.5) is 0 Å². The van der Waals surface area contributed by atoms with Gasteiger partial charge in [-0.3, -0.25) is 4.79 Å². The molecular formula is C15H15N3O2S. The summed E-state index contributed by atoms with van der Waals surface area (Å²) in [5.41, 5.74) is 2.12. The first-order chi connectivity index (χ1) is 10.1. The number of fused-ring (bicyclic) bond motifs is 1. The van der Waals surface area contributed by atoms with E-state index in [2.05, 4.69) is 22.5 Å². The van der Waals surface area contributed by atoms with Crippen molar-refractivity contribution in [2.24, 2.45) is 5.92 Å². The second-order valence-corrected chi connectivity index (χ2v) is 6.25. The predicted octanol–water partition coefficient (Wildman–Crippen LogP) is 3.06. The number of imidazole rings is 1. The van der Waals surface area contributed by atoms with Gasteiger partial charge >= 0.3 is 5.97 Å². The van der Waals surface area contributed by atoms with Crippen LogP contribution in [-0.4, -0.2) is 26.4 Å². The number of carboxylic acid groups (broad SMARTS) is 1. The molecule has 0 amide bonds. The number of hydrogen-bond donors (Lipinski definition) is 1. The van der Waals surface area contributed by atoms with E-state index in [9.17, 15) is 10.1 Å². The molecule has 1 unspecified atom stereocenters. The van der Waals surface area contributed by atoms with Gasteiger partial charge in [-0.05, 0) is 37.8 Å². The van der Waals surface area contributed by atoms with Gasteiger partial charge in [0.25, 0.3) is 0 Å². The fraction of sp³-hybridized carbons (Fsp3) is 0.400. The average Bonchev–Trinajstić information content (AvgIpc) is 3.24. The molecule has 1 aromatic heterocycles. The molecule has 0 spiro atoms. The quantitative estimate of drug-likeness (QED) is 0.859. The molecule has 6 heteroatoms. The molecule has 3 rings (SSSR count). The summed E-state index contributed by atoms with van der Waals surface area (Å²) in [7, 11) is 0. The highest BCUT2D eigenvalue weighted by Crippen LogP contribution is 2.42. The highest BCUT2D eigenvalue weighted by molar-refractivity contribution is 7.99. The van der Waals surface area contributed by atoms with Crippen LogP contribution >= 0.6 is 11.8 Å². The van der Waals surface area contributed by atoms with Gasteiger partial charge in [0.1, 0.15) is 11.6 Å². The van der Waals surface area contributed by atoms with Crippen molar-refractivity contribution in [1.82, 2.24) is 9.55 Å². The number of aliphatic carboxylic acids is 1. The van der Waals surface area contributed by atoms with Gasteiger partial charge in [-0.15, -0.1) is 0 Å². The highest BCUT2D eigenvalue weighted by Gasteiger charge is 2.32. The highest BCUT2D eigenvalue weighted by atomic mass is 32.2. The van der Waals surface area contributed by atoms with E-state index in [-0.39, 0.29) is 11.8 Å². The smallest absolute Gasteiger partial charge is 0.313 e. The number of carboxylic acids is 1. The fourth-order valence-corrected chi connectivity index (χ4v) is 3.41. The second kappa shape index (κ2) is 5.41. The number of nitrogens with zero attached hydrogens (tertiary/aromatic N) is 3. The maximum atomic E-state index is 10.8. The third-order valence-corrected chi connectivity index (χ3v) is 4.78. The molecule has 108 valence electrons. The van der Waals surface area contributed by atoms with Crippen LogP contribution in [0.1, 0.15) is 31.4 Å². The van der Waals surface area contributed by atoms with E-state index in [1.165, 1.54) is 24.6 Å². The van der Waals surface area contributed by atoms with E-state index in [1.54, 1.807) is 6.07 Å². The Morgan fingerprint density at radius 2 is 2.38 bits per heavy atom. The minimum absolute atomic E-state index is 0.0252. The van der Waals surface area contributed by atoms with Crippen LogP contribution < -0.4 is 0 Å². The molecule has 2 aromatic rings. The zero-order chi connectivity index (χ0) is 15.0. The van der Waals surface area contributed by atoms with Crippen molar-refractivity contribution in [3.8, 4) is 6.07 Å². The van der Waals surface area contributed by atoms with E-state index in [0.717, 1.165) is 5.52 Å². The van der Waals surface area contributed by atoms with Gasteiger partial charge < -0.3 is 9.67 Å². The van der Waals surface area contributed by atoms with E-state index < -0.39 is 5.97 Å². The van der Waals surface area contributed by atoms with Crippen LogP contribution in [0.2, 0.25) is 0 Å². The summed E-state index contributed by atoms with van der Waals surface area (Å²) in [6.45, 7) is 2.14. The van der Waals surface area contributed by atoms with Crippen molar-refractivity contribution in [3.63, 3.8) is 0 Å². The first kappa shape index (κ1) is 14.0. The molecule has 1 aliphatic rings. The summed E-state index contributed by atoms with van der Waals surface area (Å²) in [5.74, 6) is -0.265. The van der Waals surface area contributed by atoms with Gasteiger partial charge in [0, 0.05) is 6.04 Å². The summed E-state index contributed by atoms with van der Waals surface area (Å²) in [4.78, 5) is 15.4. The first-order valence-electron chi connectivity index (χ1n) is 6.87. The Hall–Kier alpha value is -2.00. The number of hydrogen-bond acceptors (Lipinski definition) is 4. The summed E-state index contributed by atoms with van der Waals surface area (Å²) in [6.07, 6.45) is 2.39. The molecule has 0 saturated heterocycles. The molecule has 0 bridgehead atoms. The number of benzene rings is 1. The lowest BCUT2D eigenvalue weighted by atomic mass is 10.1. The predicted molar refractivity (Wildman–Crippen MR) is 80.2 cm³/mol. The maximum Gasteiger partial charge on any atom is 0.313 e. The lowest BCUT2D eigenvalue weighted by Gasteiger charge is -2.16. The monoisotopic (exact) mass is 301 g/mol. The van der Waals surface area contributed by atoms with Crippen LogP contribution in [0.25, 0.3) is 11.0 Å². The molecule has 0 aliphatic heterocycles. The second-order valence-electron chi connectivity index (χ2n) is 5.31. The Labute approximate surface area is 126 Å². The van der Waals surface area contributed by atoms with Crippen LogP contribution in [0, 0.1) is 17.2 Å². The molecule has 1 N–H and O–H groups in total. The van der Waals surface area contributed by atoms with E-state index in [4.69, 9.17) is 5.11 Å². The third kappa shape index (κ3) is 2.61. The lowest BCUT2D eigenvalue weighted by molar-refractivity contribution is -0.133. The van der Waals surface area contributed by atoms with Gasteiger partial charge in [0.2, 0.25) is 0 Å². The zero-order valence-electron chi connectivity index (χ0n) is 11.6. The molecule has 1 heterocycles. The molecule has 5 nitrogen and oxygen atoms in total. The fourth-order valence-electron chi connectivity index (χ4n) is 2.60. The number of para-hydroxylation sites is 1. The van der Waals surface area contributed by atoms with Crippen LogP contribution in [0.3, 0.4) is 0 Å². The largest absolute Gasteiger partial charge is 0.481 e. The zero-order valence-corrected chi connectivity index (χ0v) is 12.4. The SMILES string of the molecule is CC(C1CC1)n1c(SCC(=O)O)nc2c(C#N)cccc21. The average molecular weight is 301 g/mol. The van der Waals surface area contributed by atoms with Gasteiger partial charge in [0.05, 0.1) is 16.8 Å². The molecular weight excluding hydrogens is 286 g/mol. The standard InChI is InChI=1S/C15H15N3O2S/c1-9(10-5-6-10)18-12-4-2-3-11(7-16)14(12)17-15(18)21-8-13(19)20/h2-4,9-10H,5-6,8H2,1H3,(H,19,20). The number of thioether (sulfide) groups is 1. The molecule has 21 heavy (non-hydrogen) atoms. The van der Waals surface area contributed by atoms with E-state index in [1.807, 2.05) is 12.1 Å². The number of rotatable bonds is 5. The molecule has 1 aromatic carbocycles.